The second-order valence-electron chi connectivity index (χ2n) is 2.78. The standard InChI is InChI=1S/C10H11NO/c1-7(4-5-11)10-6-8(2)12-9(10)3/h4,6H,1-3H3. The fourth-order valence-electron chi connectivity index (χ4n) is 1.20. The summed E-state index contributed by atoms with van der Waals surface area (Å²) >= 11 is 0. The Kier molecular flexibility index (Phi) is 2.35. The Morgan fingerprint density at radius 3 is 2.67 bits per heavy atom. The Bertz CT molecular complexity index is 352. The van der Waals surface area contributed by atoms with E-state index in [-0.39, 0.29) is 0 Å². The van der Waals surface area contributed by atoms with Crippen LogP contribution in [-0.2, 0) is 0 Å². The summed E-state index contributed by atoms with van der Waals surface area (Å²) in [5.74, 6) is 1.75. The Balaban J connectivity index is 3.12. The van der Waals surface area contributed by atoms with E-state index in [0.29, 0.717) is 0 Å². The predicted molar refractivity (Wildman–Crippen MR) is 47.4 cm³/mol. The summed E-state index contributed by atoms with van der Waals surface area (Å²) in [7, 11) is 0. The van der Waals surface area contributed by atoms with Gasteiger partial charge in [0.2, 0.25) is 0 Å². The lowest BCUT2D eigenvalue weighted by Crippen LogP contribution is -1.77. The van der Waals surface area contributed by atoms with Gasteiger partial charge in [-0.2, -0.15) is 5.26 Å². The van der Waals surface area contributed by atoms with Gasteiger partial charge in [-0.1, -0.05) is 0 Å². The van der Waals surface area contributed by atoms with Crippen molar-refractivity contribution in [3.63, 3.8) is 0 Å². The molecular formula is C10H11NO. The molecule has 0 spiro atoms. The molecule has 1 aromatic heterocycles. The number of rotatable bonds is 1. The fourth-order valence-corrected chi connectivity index (χ4v) is 1.20. The van der Waals surface area contributed by atoms with Crippen LogP contribution in [0.5, 0.6) is 0 Å². The lowest BCUT2D eigenvalue weighted by molar-refractivity contribution is 0.504. The first-order chi connectivity index (χ1) is 5.65. The number of allylic oxidation sites excluding steroid dienone is 2. The van der Waals surface area contributed by atoms with Gasteiger partial charge in [0.05, 0.1) is 6.07 Å². The van der Waals surface area contributed by atoms with Crippen LogP contribution in [0.2, 0.25) is 0 Å². The van der Waals surface area contributed by atoms with Gasteiger partial charge in [-0.05, 0) is 32.4 Å². The molecule has 0 radical (unpaired) electrons. The molecule has 0 aliphatic rings. The summed E-state index contributed by atoms with van der Waals surface area (Å²) in [6.07, 6.45) is 1.53. The third kappa shape index (κ3) is 1.57. The first kappa shape index (κ1) is 8.61. The third-order valence-corrected chi connectivity index (χ3v) is 1.75. The molecule has 12 heavy (non-hydrogen) atoms. The summed E-state index contributed by atoms with van der Waals surface area (Å²) < 4.78 is 5.33. The molecule has 0 saturated carbocycles. The maximum Gasteiger partial charge on any atom is 0.108 e. The molecule has 1 aromatic rings. The van der Waals surface area contributed by atoms with Crippen molar-refractivity contribution in [2.45, 2.75) is 20.8 Å². The first-order valence-electron chi connectivity index (χ1n) is 3.79. The van der Waals surface area contributed by atoms with Gasteiger partial charge in [-0.3, -0.25) is 0 Å². The van der Waals surface area contributed by atoms with Gasteiger partial charge < -0.3 is 4.42 Å². The van der Waals surface area contributed by atoms with Crippen molar-refractivity contribution in [2.75, 3.05) is 0 Å². The highest BCUT2D eigenvalue weighted by Gasteiger charge is 2.05. The minimum Gasteiger partial charge on any atom is -0.466 e. The molecule has 0 unspecified atom stereocenters. The van der Waals surface area contributed by atoms with E-state index >= 15 is 0 Å². The van der Waals surface area contributed by atoms with E-state index in [1.165, 1.54) is 6.08 Å². The minimum absolute atomic E-state index is 0.872. The number of nitrogens with zero attached hydrogens (tertiary/aromatic N) is 1. The topological polar surface area (TPSA) is 36.9 Å². The smallest absolute Gasteiger partial charge is 0.108 e. The monoisotopic (exact) mass is 161 g/mol. The van der Waals surface area contributed by atoms with E-state index in [1.54, 1.807) is 0 Å². The Morgan fingerprint density at radius 1 is 1.58 bits per heavy atom. The van der Waals surface area contributed by atoms with Gasteiger partial charge in [0, 0.05) is 11.6 Å². The van der Waals surface area contributed by atoms with E-state index < -0.39 is 0 Å². The molecule has 0 aromatic carbocycles. The van der Waals surface area contributed by atoms with Crippen LogP contribution in [0, 0.1) is 25.2 Å². The highest BCUT2D eigenvalue weighted by Crippen LogP contribution is 2.21. The van der Waals surface area contributed by atoms with Crippen LogP contribution in [0.4, 0.5) is 0 Å². The molecule has 2 nitrogen and oxygen atoms in total. The molecule has 0 bridgehead atoms. The second kappa shape index (κ2) is 3.27. The molecule has 62 valence electrons. The van der Waals surface area contributed by atoms with Gasteiger partial charge in [-0.15, -0.1) is 0 Å². The fraction of sp³-hybridized carbons (Fsp3) is 0.300. The van der Waals surface area contributed by atoms with Crippen molar-refractivity contribution in [3.05, 3.63) is 29.2 Å². The maximum absolute atomic E-state index is 8.44. The van der Waals surface area contributed by atoms with Crippen LogP contribution >= 0.6 is 0 Å². The lowest BCUT2D eigenvalue weighted by Gasteiger charge is -1.93. The third-order valence-electron chi connectivity index (χ3n) is 1.75. The van der Waals surface area contributed by atoms with Crippen LogP contribution in [0.3, 0.4) is 0 Å². The molecule has 2 heteroatoms. The van der Waals surface area contributed by atoms with Crippen molar-refractivity contribution >= 4 is 5.57 Å². The summed E-state index contributed by atoms with van der Waals surface area (Å²) in [5.41, 5.74) is 1.97. The summed E-state index contributed by atoms with van der Waals surface area (Å²) in [5, 5.41) is 8.44. The van der Waals surface area contributed by atoms with E-state index in [1.807, 2.05) is 32.9 Å². The van der Waals surface area contributed by atoms with Crippen molar-refractivity contribution in [2.24, 2.45) is 0 Å². The molecule has 0 atom stereocenters. The van der Waals surface area contributed by atoms with Gasteiger partial charge in [-0.25, -0.2) is 0 Å². The lowest BCUT2D eigenvalue weighted by atomic mass is 10.1. The zero-order valence-electron chi connectivity index (χ0n) is 7.51. The largest absolute Gasteiger partial charge is 0.466 e. The molecule has 1 heterocycles. The van der Waals surface area contributed by atoms with Crippen molar-refractivity contribution in [1.29, 1.82) is 5.26 Å². The zero-order chi connectivity index (χ0) is 9.14. The van der Waals surface area contributed by atoms with E-state index in [9.17, 15) is 0 Å². The SMILES string of the molecule is CC(=CC#N)c1cc(C)oc1C. The number of hydrogen-bond acceptors (Lipinski definition) is 2. The van der Waals surface area contributed by atoms with Crippen molar-refractivity contribution in [1.82, 2.24) is 0 Å². The first-order valence-corrected chi connectivity index (χ1v) is 3.79. The molecule has 0 fully saturated rings. The van der Waals surface area contributed by atoms with Gasteiger partial charge in [0.25, 0.3) is 0 Å². The van der Waals surface area contributed by atoms with Crippen LogP contribution in [0.1, 0.15) is 24.0 Å². The van der Waals surface area contributed by atoms with Crippen molar-refractivity contribution < 1.29 is 4.42 Å². The molecule has 0 saturated heterocycles. The van der Waals surface area contributed by atoms with Crippen molar-refractivity contribution in [3.8, 4) is 6.07 Å². The van der Waals surface area contributed by atoms with Crippen LogP contribution in [0.15, 0.2) is 16.6 Å². The summed E-state index contributed by atoms with van der Waals surface area (Å²) in [4.78, 5) is 0. The Labute approximate surface area is 72.1 Å². The molecule has 0 N–H and O–H groups in total. The predicted octanol–water partition coefficient (Wildman–Crippen LogP) is 2.82. The number of hydrogen-bond donors (Lipinski definition) is 0. The summed E-state index contributed by atoms with van der Waals surface area (Å²) in [6, 6.07) is 3.94. The second-order valence-corrected chi connectivity index (χ2v) is 2.78. The quantitative estimate of drug-likeness (QED) is 0.594. The van der Waals surface area contributed by atoms with Crippen LogP contribution in [-0.4, -0.2) is 0 Å². The molecule has 0 aliphatic heterocycles. The van der Waals surface area contributed by atoms with Gasteiger partial charge in [0.1, 0.15) is 11.5 Å². The number of furan rings is 1. The van der Waals surface area contributed by atoms with Crippen LogP contribution in [0.25, 0.3) is 5.57 Å². The molecular weight excluding hydrogens is 150 g/mol. The van der Waals surface area contributed by atoms with E-state index in [2.05, 4.69) is 0 Å². The summed E-state index contributed by atoms with van der Waals surface area (Å²) in [6.45, 7) is 5.70. The molecule has 1 rings (SSSR count). The van der Waals surface area contributed by atoms with E-state index in [4.69, 9.17) is 9.68 Å². The number of nitriles is 1. The minimum atomic E-state index is 0.872. The average Bonchev–Trinajstić information content (AvgIpc) is 2.30. The normalized spacial score (nSPS) is 11.3. The van der Waals surface area contributed by atoms with Gasteiger partial charge >= 0.3 is 0 Å². The maximum atomic E-state index is 8.44. The average molecular weight is 161 g/mol. The molecule has 0 aliphatic carbocycles. The van der Waals surface area contributed by atoms with Gasteiger partial charge in [0.15, 0.2) is 0 Å². The Morgan fingerprint density at radius 2 is 2.25 bits per heavy atom. The van der Waals surface area contributed by atoms with E-state index in [0.717, 1.165) is 22.7 Å². The number of aryl methyl sites for hydroxylation is 2. The van der Waals surface area contributed by atoms with Crippen LogP contribution < -0.4 is 0 Å². The molecule has 0 amide bonds. The highest BCUT2D eigenvalue weighted by atomic mass is 16.3. The zero-order valence-corrected chi connectivity index (χ0v) is 7.51. The highest BCUT2D eigenvalue weighted by molar-refractivity contribution is 5.67. The Hall–Kier alpha value is -1.49.